The van der Waals surface area contributed by atoms with E-state index in [4.69, 9.17) is 9.05 Å². The largest absolute Gasteiger partial charge is 0.756 e. The van der Waals surface area contributed by atoms with Crippen LogP contribution in [0.1, 0.15) is 251 Å². The molecule has 3 unspecified atom stereocenters. The van der Waals surface area contributed by atoms with E-state index in [2.05, 4.69) is 129 Å². The van der Waals surface area contributed by atoms with Gasteiger partial charge in [0.2, 0.25) is 5.91 Å². The number of likely N-dealkylation sites (N-methyl/N-ethyl adjacent to an activating group) is 1. The van der Waals surface area contributed by atoms with E-state index < -0.39 is 26.6 Å². The van der Waals surface area contributed by atoms with Gasteiger partial charge in [-0.3, -0.25) is 9.36 Å². The summed E-state index contributed by atoms with van der Waals surface area (Å²) in [6.45, 7) is 4.48. The Morgan fingerprint density at radius 2 is 0.805 bits per heavy atom. The molecule has 0 heterocycles. The Labute approximate surface area is 475 Å². The van der Waals surface area contributed by atoms with Crippen molar-refractivity contribution in [3.63, 3.8) is 0 Å². The summed E-state index contributed by atoms with van der Waals surface area (Å²) in [4.78, 5) is 25.5. The molecule has 77 heavy (non-hydrogen) atoms. The number of aliphatic hydroxyl groups excluding tert-OH is 1. The summed E-state index contributed by atoms with van der Waals surface area (Å²) in [5, 5.41) is 13.9. The standard InChI is InChI=1S/C68H119N2O6P/c1-6-8-10-12-14-16-18-20-22-24-26-28-30-32-33-34-35-36-38-39-41-43-45-47-49-51-53-55-57-59-61-67(71)66(65-76-77(73,74)75-64-63-70(3,4)5)69-68(72)62-60-58-56-54-52-50-48-46-44-42-40-37-31-29-27-25-23-21-19-17-15-13-11-9-7-2/h9,11,15,17,21,23,27,29,37,40,43-46,50-53,59,61,66-67,71H,6-8,10,12-14,16,18-20,22,24-26,28,30-36,38-39,41-42,47-49,54-58,60,62-65H2,1-5H3,(H-,69,72,73,74)/b11-9-,17-15-,23-21-,29-27-,40-37-,45-43+,46-44-,52-50-,53-51+,61-59+. The molecule has 0 aromatic rings. The Kier molecular flexibility index (Phi) is 55.3. The topological polar surface area (TPSA) is 108 Å². The van der Waals surface area contributed by atoms with Crippen LogP contribution in [-0.4, -0.2) is 68.5 Å². The van der Waals surface area contributed by atoms with Gasteiger partial charge in [0, 0.05) is 6.42 Å². The maximum absolute atomic E-state index is 13.0. The number of nitrogens with one attached hydrogen (secondary N) is 1. The van der Waals surface area contributed by atoms with Crippen LogP contribution >= 0.6 is 7.82 Å². The molecule has 0 bridgehead atoms. The van der Waals surface area contributed by atoms with E-state index in [1.807, 2.05) is 27.2 Å². The average molecular weight is 1090 g/mol. The maximum Gasteiger partial charge on any atom is 0.268 e. The van der Waals surface area contributed by atoms with Crippen molar-refractivity contribution in [2.75, 3.05) is 40.9 Å². The fourth-order valence-electron chi connectivity index (χ4n) is 8.52. The number of nitrogens with zero attached hydrogens (tertiary/aromatic N) is 1. The van der Waals surface area contributed by atoms with Crippen LogP contribution in [-0.2, 0) is 18.4 Å². The van der Waals surface area contributed by atoms with Crippen molar-refractivity contribution < 1.29 is 32.9 Å². The summed E-state index contributed by atoms with van der Waals surface area (Å²) < 4.78 is 23.3. The molecule has 0 aliphatic rings. The highest BCUT2D eigenvalue weighted by Gasteiger charge is 2.23. The number of phosphoric acid groups is 1. The lowest BCUT2D eigenvalue weighted by Crippen LogP contribution is -2.45. The smallest absolute Gasteiger partial charge is 0.268 e. The minimum Gasteiger partial charge on any atom is -0.756 e. The van der Waals surface area contributed by atoms with Crippen molar-refractivity contribution in [1.29, 1.82) is 0 Å². The van der Waals surface area contributed by atoms with Gasteiger partial charge < -0.3 is 28.8 Å². The summed E-state index contributed by atoms with van der Waals surface area (Å²) in [5.41, 5.74) is 0. The zero-order valence-electron chi connectivity index (χ0n) is 50.4. The first-order valence-electron chi connectivity index (χ1n) is 31.4. The molecule has 0 saturated carbocycles. The van der Waals surface area contributed by atoms with E-state index in [1.165, 1.54) is 135 Å². The lowest BCUT2D eigenvalue weighted by molar-refractivity contribution is -0.870. The van der Waals surface area contributed by atoms with E-state index in [1.54, 1.807) is 6.08 Å². The van der Waals surface area contributed by atoms with Crippen LogP contribution in [0.2, 0.25) is 0 Å². The fraction of sp³-hybridized carbons (Fsp3) is 0.691. The van der Waals surface area contributed by atoms with E-state index in [0.29, 0.717) is 23.9 Å². The molecule has 0 aromatic heterocycles. The Balaban J connectivity index is 4.32. The molecule has 0 fully saturated rings. The second-order valence-electron chi connectivity index (χ2n) is 22.0. The Hall–Kier alpha value is -3.10. The van der Waals surface area contributed by atoms with Crippen LogP contribution in [0.4, 0.5) is 0 Å². The third-order valence-corrected chi connectivity index (χ3v) is 14.3. The predicted molar refractivity (Wildman–Crippen MR) is 334 cm³/mol. The molecular weight excluding hydrogens is 972 g/mol. The van der Waals surface area contributed by atoms with Crippen molar-refractivity contribution in [1.82, 2.24) is 5.32 Å². The van der Waals surface area contributed by atoms with Gasteiger partial charge in [-0.2, -0.15) is 0 Å². The zero-order valence-corrected chi connectivity index (χ0v) is 51.3. The van der Waals surface area contributed by atoms with Crippen molar-refractivity contribution in [3.05, 3.63) is 122 Å². The lowest BCUT2D eigenvalue weighted by Gasteiger charge is -2.29. The summed E-state index contributed by atoms with van der Waals surface area (Å²) in [5.74, 6) is -0.247. The monoisotopic (exact) mass is 1090 g/mol. The van der Waals surface area contributed by atoms with Gasteiger partial charge in [-0.25, -0.2) is 0 Å². The molecule has 0 aliphatic heterocycles. The number of hydrogen-bond acceptors (Lipinski definition) is 6. The van der Waals surface area contributed by atoms with Crippen LogP contribution in [0, 0.1) is 0 Å². The van der Waals surface area contributed by atoms with Gasteiger partial charge >= 0.3 is 0 Å². The summed E-state index contributed by atoms with van der Waals surface area (Å²) in [6.07, 6.45) is 85.9. The molecule has 2 N–H and O–H groups in total. The number of unbranched alkanes of at least 4 members (excludes halogenated alkanes) is 25. The molecule has 0 saturated heterocycles. The molecule has 0 aromatic carbocycles. The van der Waals surface area contributed by atoms with Gasteiger partial charge in [0.15, 0.2) is 0 Å². The number of allylic oxidation sites excluding steroid dienone is 19. The summed E-state index contributed by atoms with van der Waals surface area (Å²) in [6, 6.07) is -0.939. The van der Waals surface area contributed by atoms with Gasteiger partial charge in [-0.15, -0.1) is 0 Å². The first kappa shape index (κ1) is 73.9. The van der Waals surface area contributed by atoms with Gasteiger partial charge in [0.25, 0.3) is 7.82 Å². The van der Waals surface area contributed by atoms with Crippen molar-refractivity contribution in [2.45, 2.75) is 264 Å². The van der Waals surface area contributed by atoms with E-state index in [-0.39, 0.29) is 18.9 Å². The number of phosphoric ester groups is 1. The fourth-order valence-corrected chi connectivity index (χ4v) is 9.24. The SMILES string of the molecule is CC/C=C\C/C=C\C/C=C\C/C=C\C/C=C\C/C=C\C/C=C\CCCCCC(=O)NC(COP(=O)([O-])OCC[N+](C)(C)C)C(O)/C=C/CC/C=C/CC/C=C/CCCCCCCCCCCCCCCCCCCCCC. The molecule has 9 heteroatoms. The highest BCUT2D eigenvalue weighted by Crippen LogP contribution is 2.38. The molecule has 8 nitrogen and oxygen atoms in total. The Morgan fingerprint density at radius 3 is 1.21 bits per heavy atom. The van der Waals surface area contributed by atoms with Gasteiger partial charge in [0.1, 0.15) is 13.2 Å². The number of aliphatic hydroxyl groups is 1. The molecule has 1 amide bonds. The number of quaternary nitrogens is 1. The number of amides is 1. The number of rotatable bonds is 56. The lowest BCUT2D eigenvalue weighted by atomic mass is 10.0. The molecule has 0 spiro atoms. The number of carbonyl (C=O) groups excluding carboxylic acids is 1. The third kappa shape index (κ3) is 60.4. The second kappa shape index (κ2) is 57.6. The summed E-state index contributed by atoms with van der Waals surface area (Å²) >= 11 is 0. The third-order valence-electron chi connectivity index (χ3n) is 13.4. The summed E-state index contributed by atoms with van der Waals surface area (Å²) in [7, 11) is 1.19. The van der Waals surface area contributed by atoms with Crippen LogP contribution < -0.4 is 10.2 Å². The highest BCUT2D eigenvalue weighted by atomic mass is 31.2. The molecular formula is C68H119N2O6P. The molecule has 0 radical (unpaired) electrons. The first-order chi connectivity index (χ1) is 37.5. The van der Waals surface area contributed by atoms with Crippen molar-refractivity contribution >= 4 is 13.7 Å². The highest BCUT2D eigenvalue weighted by molar-refractivity contribution is 7.45. The van der Waals surface area contributed by atoms with Gasteiger partial charge in [-0.1, -0.05) is 264 Å². The predicted octanol–water partition coefficient (Wildman–Crippen LogP) is 19.1. The normalized spacial score (nSPS) is 14.6. The Morgan fingerprint density at radius 1 is 0.468 bits per heavy atom. The van der Waals surface area contributed by atoms with Crippen LogP contribution in [0.15, 0.2) is 122 Å². The molecule has 442 valence electrons. The second-order valence-corrected chi connectivity index (χ2v) is 23.4. The van der Waals surface area contributed by atoms with Crippen molar-refractivity contribution in [2.24, 2.45) is 0 Å². The van der Waals surface area contributed by atoms with E-state index >= 15 is 0 Å². The van der Waals surface area contributed by atoms with Crippen LogP contribution in [0.5, 0.6) is 0 Å². The number of hydrogen-bond donors (Lipinski definition) is 2. The molecule has 3 atom stereocenters. The zero-order chi connectivity index (χ0) is 56.3. The van der Waals surface area contributed by atoms with Crippen LogP contribution in [0.25, 0.3) is 0 Å². The van der Waals surface area contributed by atoms with Gasteiger partial charge in [0.05, 0.1) is 39.9 Å². The minimum absolute atomic E-state index is 0.0229. The first-order valence-corrected chi connectivity index (χ1v) is 32.9. The number of carbonyl (C=O) groups is 1. The van der Waals surface area contributed by atoms with Crippen molar-refractivity contribution in [3.8, 4) is 0 Å². The molecule has 0 aliphatic carbocycles. The molecule has 0 rings (SSSR count). The minimum atomic E-state index is -4.63. The average Bonchev–Trinajstić information content (AvgIpc) is 3.39. The van der Waals surface area contributed by atoms with Gasteiger partial charge in [-0.05, 0) is 103 Å². The Bertz CT molecular complexity index is 1670. The maximum atomic E-state index is 13.0. The van der Waals surface area contributed by atoms with E-state index in [9.17, 15) is 19.4 Å². The van der Waals surface area contributed by atoms with E-state index in [0.717, 1.165) is 83.5 Å². The van der Waals surface area contributed by atoms with Crippen LogP contribution in [0.3, 0.4) is 0 Å². The quantitative estimate of drug-likeness (QED) is 0.0272.